The summed E-state index contributed by atoms with van der Waals surface area (Å²) < 4.78 is 31.8. The van der Waals surface area contributed by atoms with Crippen molar-refractivity contribution < 1.29 is 17.9 Å². The molecule has 2 rings (SSSR count). The number of carbonyl (C=O) groups is 1. The van der Waals surface area contributed by atoms with Crippen LogP contribution in [0.4, 0.5) is 5.69 Å². The number of hydrogen-bond acceptors (Lipinski definition) is 4. The molecule has 8 heteroatoms. The molecule has 1 amide bonds. The first-order valence-electron chi connectivity index (χ1n) is 9.36. The lowest BCUT2D eigenvalue weighted by Gasteiger charge is -2.31. The number of nitrogens with one attached hydrogen (secondary N) is 1. The highest BCUT2D eigenvalue weighted by molar-refractivity contribution is 7.92. The second kappa shape index (κ2) is 9.98. The molecule has 0 spiro atoms. The number of nitrogens with zero attached hydrogens (tertiary/aromatic N) is 1. The maximum absolute atomic E-state index is 12.8. The Morgan fingerprint density at radius 3 is 2.41 bits per heavy atom. The van der Waals surface area contributed by atoms with Gasteiger partial charge in [0.25, 0.3) is 0 Å². The van der Waals surface area contributed by atoms with Crippen molar-refractivity contribution in [2.75, 3.05) is 23.7 Å². The second-order valence-electron chi connectivity index (χ2n) is 6.87. The van der Waals surface area contributed by atoms with Gasteiger partial charge in [-0.15, -0.1) is 0 Å². The largest absolute Gasteiger partial charge is 0.492 e. The molecule has 0 aliphatic rings. The molecule has 2 aromatic rings. The summed E-state index contributed by atoms with van der Waals surface area (Å²) >= 11 is 6.07. The minimum Gasteiger partial charge on any atom is -0.492 e. The number of amides is 1. The fourth-order valence-electron chi connectivity index (χ4n) is 2.95. The van der Waals surface area contributed by atoms with Crippen LogP contribution >= 0.6 is 11.6 Å². The third kappa shape index (κ3) is 6.37. The molecule has 0 saturated heterocycles. The van der Waals surface area contributed by atoms with Crippen molar-refractivity contribution in [3.05, 3.63) is 58.6 Å². The van der Waals surface area contributed by atoms with Crippen molar-refractivity contribution in [1.29, 1.82) is 0 Å². The quantitative estimate of drug-likeness (QED) is 0.606. The minimum absolute atomic E-state index is 0.259. The zero-order valence-corrected chi connectivity index (χ0v) is 18.7. The van der Waals surface area contributed by atoms with E-state index < -0.39 is 16.1 Å². The molecule has 6 nitrogen and oxygen atoms in total. The van der Waals surface area contributed by atoms with Crippen molar-refractivity contribution in [2.45, 2.75) is 33.2 Å². The number of benzene rings is 2. The zero-order valence-electron chi connectivity index (χ0n) is 17.1. The number of sulfonamides is 1. The standard InChI is InChI=1S/C21H27ClN2O4S/c1-5-19(21(25)23-12-13-28-18-10-6-15(2)7-11-18)24(29(4,26)27)20-14-17(22)9-8-16(20)3/h6-11,14,19H,5,12-13H2,1-4H3,(H,23,25). The van der Waals surface area contributed by atoms with E-state index in [1.807, 2.05) is 31.2 Å². The summed E-state index contributed by atoms with van der Waals surface area (Å²) in [4.78, 5) is 12.8. The summed E-state index contributed by atoms with van der Waals surface area (Å²) in [5, 5.41) is 3.17. The monoisotopic (exact) mass is 438 g/mol. The van der Waals surface area contributed by atoms with E-state index in [0.717, 1.165) is 16.1 Å². The number of halogens is 1. The molecule has 0 saturated carbocycles. The Balaban J connectivity index is 2.10. The molecule has 0 aromatic heterocycles. The normalized spacial score (nSPS) is 12.3. The summed E-state index contributed by atoms with van der Waals surface area (Å²) in [6, 6.07) is 11.7. The first kappa shape index (κ1) is 23.0. The van der Waals surface area contributed by atoms with Crippen LogP contribution in [0, 0.1) is 13.8 Å². The van der Waals surface area contributed by atoms with E-state index >= 15 is 0 Å². The molecule has 0 aliphatic heterocycles. The van der Waals surface area contributed by atoms with Crippen LogP contribution < -0.4 is 14.4 Å². The number of rotatable bonds is 9. The molecular weight excluding hydrogens is 412 g/mol. The van der Waals surface area contributed by atoms with Gasteiger partial charge in [0.1, 0.15) is 18.4 Å². The molecule has 0 heterocycles. The van der Waals surface area contributed by atoms with Crippen LogP contribution in [0.3, 0.4) is 0 Å². The predicted molar refractivity (Wildman–Crippen MR) is 117 cm³/mol. The van der Waals surface area contributed by atoms with E-state index in [4.69, 9.17) is 16.3 Å². The van der Waals surface area contributed by atoms with Crippen LogP contribution in [0.2, 0.25) is 5.02 Å². The summed E-state index contributed by atoms with van der Waals surface area (Å²) in [5.41, 5.74) is 2.25. The van der Waals surface area contributed by atoms with Crippen molar-refractivity contribution in [3.63, 3.8) is 0 Å². The average Bonchev–Trinajstić information content (AvgIpc) is 2.65. The maximum atomic E-state index is 12.8. The minimum atomic E-state index is -3.71. The summed E-state index contributed by atoms with van der Waals surface area (Å²) in [6.45, 7) is 6.08. The van der Waals surface area contributed by atoms with Crippen LogP contribution in [0.15, 0.2) is 42.5 Å². The van der Waals surface area contributed by atoms with Crippen LogP contribution in [-0.4, -0.2) is 39.8 Å². The third-order valence-corrected chi connectivity index (χ3v) is 5.83. The Bertz CT molecular complexity index is 946. The van der Waals surface area contributed by atoms with Gasteiger partial charge in [-0.2, -0.15) is 0 Å². The molecule has 158 valence electrons. The van der Waals surface area contributed by atoms with Gasteiger partial charge in [-0.25, -0.2) is 8.42 Å². The molecule has 0 bridgehead atoms. The van der Waals surface area contributed by atoms with Crippen LogP contribution in [0.25, 0.3) is 0 Å². The van der Waals surface area contributed by atoms with Gasteiger partial charge in [0.2, 0.25) is 15.9 Å². The maximum Gasteiger partial charge on any atom is 0.244 e. The molecule has 0 radical (unpaired) electrons. The number of carbonyl (C=O) groups excluding carboxylic acids is 1. The van der Waals surface area contributed by atoms with Crippen molar-refractivity contribution in [2.24, 2.45) is 0 Å². The summed E-state index contributed by atoms with van der Waals surface area (Å²) in [6.07, 6.45) is 1.40. The summed E-state index contributed by atoms with van der Waals surface area (Å²) in [5.74, 6) is 0.328. The van der Waals surface area contributed by atoms with Gasteiger partial charge in [0.05, 0.1) is 18.5 Å². The van der Waals surface area contributed by atoms with Gasteiger partial charge >= 0.3 is 0 Å². The number of aryl methyl sites for hydroxylation is 2. The molecule has 1 atom stereocenters. The van der Waals surface area contributed by atoms with Crippen LogP contribution in [0.5, 0.6) is 5.75 Å². The lowest BCUT2D eigenvalue weighted by atomic mass is 10.1. The van der Waals surface area contributed by atoms with E-state index in [1.165, 1.54) is 0 Å². The van der Waals surface area contributed by atoms with Gasteiger partial charge in [-0.1, -0.05) is 42.3 Å². The zero-order chi connectivity index (χ0) is 21.6. The molecule has 1 N–H and O–H groups in total. The van der Waals surface area contributed by atoms with Crippen LogP contribution in [0.1, 0.15) is 24.5 Å². The molecule has 0 fully saturated rings. The van der Waals surface area contributed by atoms with E-state index in [0.29, 0.717) is 28.4 Å². The highest BCUT2D eigenvalue weighted by Gasteiger charge is 2.32. The molecule has 1 unspecified atom stereocenters. The molecule has 29 heavy (non-hydrogen) atoms. The Kier molecular flexibility index (Phi) is 7.93. The second-order valence-corrected chi connectivity index (χ2v) is 9.16. The Hall–Kier alpha value is -2.25. The lowest BCUT2D eigenvalue weighted by Crippen LogP contribution is -2.50. The molecule has 2 aromatic carbocycles. The van der Waals surface area contributed by atoms with Gasteiger partial charge in [0.15, 0.2) is 0 Å². The van der Waals surface area contributed by atoms with Crippen LogP contribution in [-0.2, 0) is 14.8 Å². The first-order valence-corrected chi connectivity index (χ1v) is 11.6. The Morgan fingerprint density at radius 2 is 1.83 bits per heavy atom. The predicted octanol–water partition coefficient (Wildman–Crippen LogP) is 3.70. The van der Waals surface area contributed by atoms with E-state index in [9.17, 15) is 13.2 Å². The third-order valence-electron chi connectivity index (χ3n) is 4.43. The topological polar surface area (TPSA) is 75.7 Å². The van der Waals surface area contributed by atoms with E-state index in [-0.39, 0.29) is 19.1 Å². The summed E-state index contributed by atoms with van der Waals surface area (Å²) in [7, 11) is -3.71. The van der Waals surface area contributed by atoms with Gasteiger partial charge in [-0.3, -0.25) is 9.10 Å². The first-order chi connectivity index (χ1) is 13.6. The smallest absolute Gasteiger partial charge is 0.244 e. The Morgan fingerprint density at radius 1 is 1.17 bits per heavy atom. The van der Waals surface area contributed by atoms with Gasteiger partial charge in [0, 0.05) is 5.02 Å². The average molecular weight is 439 g/mol. The number of ether oxygens (including phenoxy) is 1. The van der Waals surface area contributed by atoms with Crippen molar-refractivity contribution >= 4 is 33.2 Å². The highest BCUT2D eigenvalue weighted by atomic mass is 35.5. The Labute approximate surface area is 177 Å². The van der Waals surface area contributed by atoms with Crippen molar-refractivity contribution in [3.8, 4) is 5.75 Å². The lowest BCUT2D eigenvalue weighted by molar-refractivity contribution is -0.122. The van der Waals surface area contributed by atoms with E-state index in [1.54, 1.807) is 32.0 Å². The van der Waals surface area contributed by atoms with Gasteiger partial charge in [-0.05, 0) is 50.1 Å². The fourth-order valence-corrected chi connectivity index (χ4v) is 4.38. The fraction of sp³-hybridized carbons (Fsp3) is 0.381. The van der Waals surface area contributed by atoms with Gasteiger partial charge < -0.3 is 10.1 Å². The highest BCUT2D eigenvalue weighted by Crippen LogP contribution is 2.29. The van der Waals surface area contributed by atoms with E-state index in [2.05, 4.69) is 5.32 Å². The SMILES string of the molecule is CCC(C(=O)NCCOc1ccc(C)cc1)N(c1cc(Cl)ccc1C)S(C)(=O)=O. The number of hydrogen-bond donors (Lipinski definition) is 1. The molecular formula is C21H27ClN2O4S. The molecule has 0 aliphatic carbocycles. The number of anilines is 1. The van der Waals surface area contributed by atoms with Crippen molar-refractivity contribution in [1.82, 2.24) is 5.32 Å².